The SMILES string of the molecule is COC(=O)[C@H]1Cc2ccccc2CN1C(=O)COC(=O)c1cc(F)cc(F)c1. The van der Waals surface area contributed by atoms with Crippen LogP contribution in [0.3, 0.4) is 0 Å². The Bertz CT molecular complexity index is 910. The quantitative estimate of drug-likeness (QED) is 0.750. The summed E-state index contributed by atoms with van der Waals surface area (Å²) >= 11 is 0. The first kappa shape index (κ1) is 19.5. The van der Waals surface area contributed by atoms with Crippen LogP contribution in [0.15, 0.2) is 42.5 Å². The third-order valence-electron chi connectivity index (χ3n) is 4.47. The molecule has 8 heteroatoms. The molecule has 0 aliphatic carbocycles. The molecular formula is C20H17F2NO5. The fourth-order valence-corrected chi connectivity index (χ4v) is 3.10. The van der Waals surface area contributed by atoms with Gasteiger partial charge in [0.2, 0.25) is 0 Å². The Labute approximate surface area is 159 Å². The number of nitrogens with zero attached hydrogens (tertiary/aromatic N) is 1. The number of halogens is 2. The summed E-state index contributed by atoms with van der Waals surface area (Å²) in [4.78, 5) is 38.0. The molecular weight excluding hydrogens is 372 g/mol. The van der Waals surface area contributed by atoms with Gasteiger partial charge in [0.25, 0.3) is 5.91 Å². The van der Waals surface area contributed by atoms with Crippen molar-refractivity contribution < 1.29 is 32.6 Å². The molecule has 6 nitrogen and oxygen atoms in total. The van der Waals surface area contributed by atoms with Crippen LogP contribution in [0.5, 0.6) is 0 Å². The third kappa shape index (κ3) is 4.16. The predicted octanol–water partition coefficient (Wildman–Crippen LogP) is 2.25. The van der Waals surface area contributed by atoms with Crippen LogP contribution in [0.4, 0.5) is 8.78 Å². The minimum atomic E-state index is -1.04. The maximum absolute atomic E-state index is 13.2. The highest BCUT2D eigenvalue weighted by Gasteiger charge is 2.35. The van der Waals surface area contributed by atoms with Gasteiger partial charge >= 0.3 is 11.9 Å². The lowest BCUT2D eigenvalue weighted by atomic mass is 9.94. The van der Waals surface area contributed by atoms with Crippen LogP contribution in [-0.2, 0) is 32.0 Å². The van der Waals surface area contributed by atoms with Crippen molar-refractivity contribution in [2.75, 3.05) is 13.7 Å². The fourth-order valence-electron chi connectivity index (χ4n) is 3.10. The standard InChI is InChI=1S/C20H17F2NO5/c1-27-20(26)17-8-12-4-2-3-5-13(12)10-23(17)18(24)11-28-19(25)14-6-15(21)9-16(22)7-14/h2-7,9,17H,8,10-11H2,1H3/t17-/m1/s1. The number of carbonyl (C=O) groups is 3. The summed E-state index contributed by atoms with van der Waals surface area (Å²) in [5.74, 6) is -4.11. The van der Waals surface area contributed by atoms with Gasteiger partial charge in [0, 0.05) is 19.0 Å². The zero-order chi connectivity index (χ0) is 20.3. The molecule has 1 aliphatic rings. The van der Waals surface area contributed by atoms with Gasteiger partial charge in [0.05, 0.1) is 12.7 Å². The lowest BCUT2D eigenvalue weighted by Gasteiger charge is -2.35. The van der Waals surface area contributed by atoms with E-state index in [0.717, 1.165) is 23.3 Å². The molecule has 1 amide bonds. The number of hydrogen-bond acceptors (Lipinski definition) is 5. The molecule has 0 radical (unpaired) electrons. The molecule has 0 bridgehead atoms. The van der Waals surface area contributed by atoms with Crippen molar-refractivity contribution in [3.63, 3.8) is 0 Å². The Morgan fingerprint density at radius 3 is 2.36 bits per heavy atom. The van der Waals surface area contributed by atoms with E-state index in [1.807, 2.05) is 24.3 Å². The van der Waals surface area contributed by atoms with Crippen LogP contribution in [0.1, 0.15) is 21.5 Å². The summed E-state index contributed by atoms with van der Waals surface area (Å²) in [6.45, 7) is -0.520. The number of carbonyl (C=O) groups excluding carboxylic acids is 3. The number of rotatable bonds is 4. The number of benzene rings is 2. The summed E-state index contributed by atoms with van der Waals surface area (Å²) in [6, 6.07) is 8.75. The fraction of sp³-hybridized carbons (Fsp3) is 0.250. The molecule has 1 aliphatic heterocycles. The lowest BCUT2D eigenvalue weighted by molar-refractivity contribution is -0.155. The van der Waals surface area contributed by atoms with E-state index in [9.17, 15) is 23.2 Å². The van der Waals surface area contributed by atoms with Crippen LogP contribution >= 0.6 is 0 Å². The summed E-state index contributed by atoms with van der Waals surface area (Å²) in [5.41, 5.74) is 1.45. The zero-order valence-electron chi connectivity index (χ0n) is 15.0. The van der Waals surface area contributed by atoms with Gasteiger partial charge in [0.15, 0.2) is 6.61 Å². The average molecular weight is 389 g/mol. The average Bonchev–Trinajstić information content (AvgIpc) is 2.69. The molecule has 2 aromatic rings. The molecule has 0 N–H and O–H groups in total. The molecule has 3 rings (SSSR count). The number of ether oxygens (including phenoxy) is 2. The minimum absolute atomic E-state index is 0.154. The van der Waals surface area contributed by atoms with Gasteiger partial charge < -0.3 is 14.4 Å². The van der Waals surface area contributed by atoms with Crippen molar-refractivity contribution >= 4 is 17.8 Å². The third-order valence-corrected chi connectivity index (χ3v) is 4.47. The Hall–Kier alpha value is -3.29. The van der Waals surface area contributed by atoms with Gasteiger partial charge in [0.1, 0.15) is 17.7 Å². The molecule has 0 saturated heterocycles. The van der Waals surface area contributed by atoms with Crippen LogP contribution in [0.25, 0.3) is 0 Å². The Morgan fingerprint density at radius 2 is 1.71 bits per heavy atom. The van der Waals surface area contributed by atoms with Crippen molar-refractivity contribution in [2.45, 2.75) is 19.0 Å². The van der Waals surface area contributed by atoms with E-state index in [-0.39, 0.29) is 18.5 Å². The highest BCUT2D eigenvalue weighted by molar-refractivity contribution is 5.92. The Kier molecular flexibility index (Phi) is 5.67. The van der Waals surface area contributed by atoms with E-state index < -0.39 is 42.1 Å². The van der Waals surface area contributed by atoms with Gasteiger partial charge in [-0.3, -0.25) is 4.79 Å². The summed E-state index contributed by atoms with van der Waals surface area (Å²) < 4.78 is 36.1. The van der Waals surface area contributed by atoms with Crippen LogP contribution in [-0.4, -0.2) is 42.5 Å². The number of hydrogen-bond donors (Lipinski definition) is 0. The van der Waals surface area contributed by atoms with Crippen molar-refractivity contribution in [1.82, 2.24) is 4.90 Å². The molecule has 2 aromatic carbocycles. The van der Waals surface area contributed by atoms with Crippen molar-refractivity contribution in [3.8, 4) is 0 Å². The minimum Gasteiger partial charge on any atom is -0.467 e. The van der Waals surface area contributed by atoms with E-state index in [2.05, 4.69) is 0 Å². The van der Waals surface area contributed by atoms with Gasteiger partial charge in [-0.25, -0.2) is 18.4 Å². The normalized spacial score (nSPS) is 15.5. The molecule has 0 fully saturated rings. The highest BCUT2D eigenvalue weighted by Crippen LogP contribution is 2.24. The van der Waals surface area contributed by atoms with E-state index in [0.29, 0.717) is 6.07 Å². The van der Waals surface area contributed by atoms with E-state index in [4.69, 9.17) is 9.47 Å². The smallest absolute Gasteiger partial charge is 0.338 e. The molecule has 0 aromatic heterocycles. The number of amides is 1. The zero-order valence-corrected chi connectivity index (χ0v) is 15.0. The maximum Gasteiger partial charge on any atom is 0.338 e. The molecule has 0 saturated carbocycles. The number of methoxy groups -OCH3 is 1. The van der Waals surface area contributed by atoms with Gasteiger partial charge in [-0.05, 0) is 23.3 Å². The second kappa shape index (κ2) is 8.16. The monoisotopic (exact) mass is 389 g/mol. The summed E-state index contributed by atoms with van der Waals surface area (Å²) in [5, 5.41) is 0. The number of esters is 2. The second-order valence-corrected chi connectivity index (χ2v) is 6.27. The van der Waals surface area contributed by atoms with Gasteiger partial charge in [-0.2, -0.15) is 0 Å². The van der Waals surface area contributed by atoms with E-state index in [1.165, 1.54) is 12.0 Å². The molecule has 1 atom stereocenters. The first-order valence-corrected chi connectivity index (χ1v) is 8.46. The predicted molar refractivity (Wildman–Crippen MR) is 93.1 cm³/mol. The first-order chi connectivity index (χ1) is 13.4. The lowest BCUT2D eigenvalue weighted by Crippen LogP contribution is -2.50. The molecule has 0 spiro atoms. The van der Waals surface area contributed by atoms with Gasteiger partial charge in [-0.1, -0.05) is 24.3 Å². The summed E-state index contributed by atoms with van der Waals surface area (Å²) in [7, 11) is 1.23. The van der Waals surface area contributed by atoms with Crippen LogP contribution in [0.2, 0.25) is 0 Å². The number of fused-ring (bicyclic) bond motifs is 1. The maximum atomic E-state index is 13.2. The van der Waals surface area contributed by atoms with Crippen LogP contribution < -0.4 is 0 Å². The Balaban J connectivity index is 1.72. The van der Waals surface area contributed by atoms with Crippen molar-refractivity contribution in [2.24, 2.45) is 0 Å². The molecule has 28 heavy (non-hydrogen) atoms. The molecule has 0 unspecified atom stereocenters. The first-order valence-electron chi connectivity index (χ1n) is 8.46. The topological polar surface area (TPSA) is 72.9 Å². The van der Waals surface area contributed by atoms with Crippen molar-refractivity contribution in [3.05, 3.63) is 70.8 Å². The van der Waals surface area contributed by atoms with Gasteiger partial charge in [-0.15, -0.1) is 0 Å². The van der Waals surface area contributed by atoms with Crippen molar-refractivity contribution in [1.29, 1.82) is 0 Å². The van der Waals surface area contributed by atoms with E-state index in [1.54, 1.807) is 0 Å². The Morgan fingerprint density at radius 1 is 1.07 bits per heavy atom. The highest BCUT2D eigenvalue weighted by atomic mass is 19.1. The van der Waals surface area contributed by atoms with E-state index >= 15 is 0 Å². The second-order valence-electron chi connectivity index (χ2n) is 6.27. The molecule has 146 valence electrons. The largest absolute Gasteiger partial charge is 0.467 e. The summed E-state index contributed by atoms with van der Waals surface area (Å²) in [6.07, 6.45) is 0.275. The molecule has 1 heterocycles. The van der Waals surface area contributed by atoms with Crippen LogP contribution in [0, 0.1) is 11.6 Å².